The Morgan fingerprint density at radius 3 is 2.36 bits per heavy atom. The molecule has 3 rings (SSSR count). The van der Waals surface area contributed by atoms with Crippen LogP contribution in [0.1, 0.15) is 50.2 Å². The molecule has 0 saturated carbocycles. The van der Waals surface area contributed by atoms with E-state index < -0.39 is 0 Å². The van der Waals surface area contributed by atoms with Crippen molar-refractivity contribution in [2.75, 3.05) is 10.6 Å². The monoisotopic (exact) mass is 476 g/mol. The molecule has 36 heavy (non-hydrogen) atoms. The number of carbonyl (C=O) groups excluding carboxylic acids is 2. The van der Waals surface area contributed by atoms with Gasteiger partial charge in [-0.2, -0.15) is 0 Å². The summed E-state index contributed by atoms with van der Waals surface area (Å²) in [6.45, 7) is 10.1. The smallest absolute Gasteiger partial charge is 0.196 e. The predicted octanol–water partition coefficient (Wildman–Crippen LogP) is 7.65. The van der Waals surface area contributed by atoms with Crippen LogP contribution in [0.3, 0.4) is 0 Å². The van der Waals surface area contributed by atoms with Crippen LogP contribution in [0.5, 0.6) is 0 Å². The Bertz CT molecular complexity index is 1290. The number of rotatable bonds is 13. The van der Waals surface area contributed by atoms with Crippen LogP contribution in [0.4, 0.5) is 11.4 Å². The van der Waals surface area contributed by atoms with E-state index >= 15 is 0 Å². The molecular weight excluding hydrogens is 444 g/mol. The van der Waals surface area contributed by atoms with E-state index in [0.29, 0.717) is 28.9 Å². The molecular formula is C32H32N2O2. The van der Waals surface area contributed by atoms with E-state index in [1.54, 1.807) is 30.3 Å². The van der Waals surface area contributed by atoms with Gasteiger partial charge in [0.1, 0.15) is 0 Å². The van der Waals surface area contributed by atoms with Crippen molar-refractivity contribution in [3.8, 4) is 0 Å². The molecule has 0 saturated heterocycles. The van der Waals surface area contributed by atoms with Gasteiger partial charge in [-0.05, 0) is 55.2 Å². The molecule has 0 bridgehead atoms. The number of benzene rings is 3. The van der Waals surface area contributed by atoms with Crippen molar-refractivity contribution in [1.82, 2.24) is 0 Å². The fraction of sp³-hybridized carbons (Fsp3) is 0.125. The Morgan fingerprint density at radius 1 is 0.917 bits per heavy atom. The molecule has 0 aliphatic heterocycles. The molecule has 0 fully saturated rings. The van der Waals surface area contributed by atoms with Gasteiger partial charge in [-0.25, -0.2) is 0 Å². The SMILES string of the molecule is C=CCC/C=C/C=C(\C=C)Nc1ccc(NCc2ccccc2)c(C(=O)c2ccccc2C=O)c1C. The summed E-state index contributed by atoms with van der Waals surface area (Å²) in [4.78, 5) is 25.4. The Hall–Kier alpha value is -4.44. The summed E-state index contributed by atoms with van der Waals surface area (Å²) in [6.07, 6.45) is 12.2. The van der Waals surface area contributed by atoms with Crippen molar-refractivity contribution in [3.05, 3.63) is 144 Å². The number of unbranched alkanes of at least 4 members (excludes halogenated alkanes) is 1. The average molecular weight is 477 g/mol. The third-order valence-corrected chi connectivity index (χ3v) is 5.80. The number of nitrogens with one attached hydrogen (secondary N) is 2. The van der Waals surface area contributed by atoms with E-state index in [-0.39, 0.29) is 5.78 Å². The van der Waals surface area contributed by atoms with E-state index in [0.717, 1.165) is 41.6 Å². The zero-order chi connectivity index (χ0) is 25.8. The van der Waals surface area contributed by atoms with Crippen LogP contribution in [-0.2, 0) is 6.54 Å². The molecule has 0 atom stereocenters. The van der Waals surface area contributed by atoms with E-state index in [9.17, 15) is 9.59 Å². The summed E-state index contributed by atoms with van der Waals surface area (Å²) in [6, 6.07) is 20.7. The first-order valence-corrected chi connectivity index (χ1v) is 12.0. The third kappa shape index (κ3) is 6.80. The maximum absolute atomic E-state index is 13.8. The Kier molecular flexibility index (Phi) is 9.78. The van der Waals surface area contributed by atoms with E-state index in [4.69, 9.17) is 0 Å². The molecule has 4 nitrogen and oxygen atoms in total. The highest BCUT2D eigenvalue weighted by molar-refractivity contribution is 6.17. The van der Waals surface area contributed by atoms with Crippen LogP contribution in [0.25, 0.3) is 0 Å². The molecule has 3 aromatic rings. The fourth-order valence-electron chi connectivity index (χ4n) is 3.82. The lowest BCUT2D eigenvalue weighted by Gasteiger charge is -2.19. The highest BCUT2D eigenvalue weighted by Crippen LogP contribution is 2.31. The minimum absolute atomic E-state index is 0.206. The van der Waals surface area contributed by atoms with Crippen molar-refractivity contribution in [3.63, 3.8) is 0 Å². The van der Waals surface area contributed by atoms with Crippen LogP contribution < -0.4 is 10.6 Å². The lowest BCUT2D eigenvalue weighted by atomic mass is 9.93. The first kappa shape index (κ1) is 26.2. The second-order valence-electron chi connectivity index (χ2n) is 8.28. The Morgan fingerprint density at radius 2 is 1.64 bits per heavy atom. The lowest BCUT2D eigenvalue weighted by molar-refractivity contribution is 0.102. The molecule has 0 unspecified atom stereocenters. The van der Waals surface area contributed by atoms with Crippen molar-refractivity contribution >= 4 is 23.4 Å². The van der Waals surface area contributed by atoms with Crippen LogP contribution in [-0.4, -0.2) is 12.1 Å². The summed E-state index contributed by atoms with van der Waals surface area (Å²) >= 11 is 0. The third-order valence-electron chi connectivity index (χ3n) is 5.80. The molecule has 0 spiro atoms. The number of carbonyl (C=O) groups is 2. The van der Waals surface area contributed by atoms with Crippen LogP contribution in [0.15, 0.2) is 116 Å². The van der Waals surface area contributed by atoms with Crippen molar-refractivity contribution < 1.29 is 9.59 Å². The summed E-state index contributed by atoms with van der Waals surface area (Å²) in [5.41, 5.74) is 5.45. The van der Waals surface area contributed by atoms with Gasteiger partial charge in [-0.1, -0.05) is 79.4 Å². The summed E-state index contributed by atoms with van der Waals surface area (Å²) < 4.78 is 0. The molecule has 182 valence electrons. The zero-order valence-corrected chi connectivity index (χ0v) is 20.7. The first-order chi connectivity index (χ1) is 17.6. The maximum Gasteiger partial charge on any atom is 0.196 e. The van der Waals surface area contributed by atoms with Gasteiger partial charge in [0.2, 0.25) is 0 Å². The molecule has 0 aliphatic carbocycles. The molecule has 4 heteroatoms. The second-order valence-corrected chi connectivity index (χ2v) is 8.28. The first-order valence-electron chi connectivity index (χ1n) is 12.0. The van der Waals surface area contributed by atoms with Gasteiger partial charge in [0.05, 0.1) is 5.56 Å². The predicted molar refractivity (Wildman–Crippen MR) is 151 cm³/mol. The molecule has 0 amide bonds. The Balaban J connectivity index is 2.00. The van der Waals surface area contributed by atoms with Gasteiger partial charge in [-0.3, -0.25) is 9.59 Å². The summed E-state index contributed by atoms with van der Waals surface area (Å²) in [5.74, 6) is -0.206. The summed E-state index contributed by atoms with van der Waals surface area (Å²) in [7, 11) is 0. The van der Waals surface area contributed by atoms with Crippen LogP contribution in [0.2, 0.25) is 0 Å². The summed E-state index contributed by atoms with van der Waals surface area (Å²) in [5, 5.41) is 6.80. The topological polar surface area (TPSA) is 58.2 Å². The molecule has 2 N–H and O–H groups in total. The number of anilines is 2. The highest BCUT2D eigenvalue weighted by Gasteiger charge is 2.21. The minimum atomic E-state index is -0.206. The number of ketones is 1. The van der Waals surface area contributed by atoms with Crippen molar-refractivity contribution in [2.24, 2.45) is 0 Å². The fourth-order valence-corrected chi connectivity index (χ4v) is 3.82. The number of hydrogen-bond acceptors (Lipinski definition) is 4. The molecule has 0 radical (unpaired) electrons. The van der Waals surface area contributed by atoms with Gasteiger partial charge in [0.25, 0.3) is 0 Å². The van der Waals surface area contributed by atoms with E-state index in [1.807, 2.05) is 67.6 Å². The number of hydrogen-bond donors (Lipinski definition) is 2. The molecule has 0 heterocycles. The number of allylic oxidation sites excluding steroid dienone is 5. The van der Waals surface area contributed by atoms with Gasteiger partial charge in [-0.15, -0.1) is 6.58 Å². The van der Waals surface area contributed by atoms with Gasteiger partial charge < -0.3 is 10.6 Å². The standard InChI is InChI=1S/C32H32N2O2/c1-4-6-7-8-12-18-27(5-2)34-29-20-21-30(33-22-25-15-10-9-11-16-25)31(24(29)3)32(36)28-19-14-13-17-26(28)23-35/h4-5,8-21,23,33-34H,1-2,6-7,22H2,3H3/b12-8+,27-18+. The van der Waals surface area contributed by atoms with Gasteiger partial charge in [0.15, 0.2) is 12.1 Å². The van der Waals surface area contributed by atoms with Crippen LogP contribution in [0, 0.1) is 6.92 Å². The number of aldehydes is 1. The van der Waals surface area contributed by atoms with Crippen molar-refractivity contribution in [2.45, 2.75) is 26.3 Å². The quantitative estimate of drug-likeness (QED) is 0.0874. The zero-order valence-electron chi connectivity index (χ0n) is 20.7. The van der Waals surface area contributed by atoms with Crippen molar-refractivity contribution in [1.29, 1.82) is 0 Å². The van der Waals surface area contributed by atoms with E-state index in [1.165, 1.54) is 0 Å². The molecule has 3 aromatic carbocycles. The van der Waals surface area contributed by atoms with Crippen LogP contribution >= 0.6 is 0 Å². The normalized spacial score (nSPS) is 11.2. The van der Waals surface area contributed by atoms with E-state index in [2.05, 4.69) is 29.9 Å². The minimum Gasteiger partial charge on any atom is -0.380 e. The van der Waals surface area contributed by atoms with Gasteiger partial charge in [0, 0.05) is 34.7 Å². The molecule has 0 aromatic heterocycles. The highest BCUT2D eigenvalue weighted by atomic mass is 16.1. The maximum atomic E-state index is 13.8. The molecule has 0 aliphatic rings. The Labute approximate surface area is 213 Å². The largest absolute Gasteiger partial charge is 0.380 e. The average Bonchev–Trinajstić information content (AvgIpc) is 2.92. The lowest BCUT2D eigenvalue weighted by Crippen LogP contribution is -2.13. The van der Waals surface area contributed by atoms with Gasteiger partial charge >= 0.3 is 0 Å². The second kappa shape index (κ2) is 13.4.